The fourth-order valence-electron chi connectivity index (χ4n) is 4.43. The maximum atomic E-state index is 12.9. The third-order valence-electron chi connectivity index (χ3n) is 5.96. The first-order chi connectivity index (χ1) is 14.5. The van der Waals surface area contributed by atoms with Crippen LogP contribution < -0.4 is 10.9 Å². The first-order valence-corrected chi connectivity index (χ1v) is 11.0. The number of hydrogen-bond acceptors (Lipinski definition) is 4. The predicted molar refractivity (Wildman–Crippen MR) is 119 cm³/mol. The van der Waals surface area contributed by atoms with Gasteiger partial charge in [-0.2, -0.15) is 5.10 Å². The van der Waals surface area contributed by atoms with Crippen LogP contribution in [-0.2, 0) is 11.3 Å². The summed E-state index contributed by atoms with van der Waals surface area (Å²) in [6.45, 7) is 7.80. The second-order valence-electron chi connectivity index (χ2n) is 8.40. The number of likely N-dealkylation sites (tertiary alicyclic amines) is 1. The summed E-state index contributed by atoms with van der Waals surface area (Å²) < 4.78 is 3.15. The molecule has 0 bridgehead atoms. The maximum absolute atomic E-state index is 12.9. The van der Waals surface area contributed by atoms with Crippen LogP contribution in [-0.4, -0.2) is 51.2 Å². The van der Waals surface area contributed by atoms with Crippen LogP contribution in [0.3, 0.4) is 0 Å². The zero-order valence-corrected chi connectivity index (χ0v) is 18.0. The molecule has 0 unspecified atom stereocenters. The Morgan fingerprint density at radius 2 is 1.83 bits per heavy atom. The molecule has 1 aromatic carbocycles. The Kier molecular flexibility index (Phi) is 6.18. The van der Waals surface area contributed by atoms with Crippen molar-refractivity contribution in [1.82, 2.24) is 24.4 Å². The SMILES string of the molecule is Cc1ccc2c(c1)cc1c(=O)n(CC(=O)NCCCN3CCCCCC3)nc(C)n12. The van der Waals surface area contributed by atoms with Crippen molar-refractivity contribution in [2.45, 2.75) is 52.5 Å². The quantitative estimate of drug-likeness (QED) is 0.636. The molecule has 1 saturated heterocycles. The van der Waals surface area contributed by atoms with E-state index in [2.05, 4.69) is 21.4 Å². The molecule has 2 aromatic heterocycles. The third-order valence-corrected chi connectivity index (χ3v) is 5.96. The number of benzene rings is 1. The van der Waals surface area contributed by atoms with E-state index in [1.807, 2.05) is 36.4 Å². The molecule has 1 amide bonds. The summed E-state index contributed by atoms with van der Waals surface area (Å²) in [5, 5.41) is 8.35. The number of carbonyl (C=O) groups is 1. The molecule has 4 rings (SSSR count). The molecule has 0 saturated carbocycles. The van der Waals surface area contributed by atoms with Crippen LogP contribution in [0.5, 0.6) is 0 Å². The van der Waals surface area contributed by atoms with E-state index in [-0.39, 0.29) is 18.0 Å². The maximum Gasteiger partial charge on any atom is 0.291 e. The normalized spacial score (nSPS) is 15.5. The Hall–Kier alpha value is -2.67. The lowest BCUT2D eigenvalue weighted by Crippen LogP contribution is -2.36. The van der Waals surface area contributed by atoms with Gasteiger partial charge in [-0.1, -0.05) is 24.5 Å². The third kappa shape index (κ3) is 4.41. The number of carbonyl (C=O) groups excluding carboxylic acids is 1. The zero-order valence-electron chi connectivity index (χ0n) is 18.0. The Morgan fingerprint density at radius 1 is 1.07 bits per heavy atom. The lowest BCUT2D eigenvalue weighted by atomic mass is 10.2. The van der Waals surface area contributed by atoms with Crippen molar-refractivity contribution in [3.8, 4) is 0 Å². The molecule has 0 atom stereocenters. The fraction of sp³-hybridized carbons (Fsp3) is 0.522. The molecule has 1 N–H and O–H groups in total. The molecule has 3 aromatic rings. The standard InChI is InChI=1S/C23H31N5O2/c1-17-8-9-20-19(14-17)15-21-23(30)27(25-18(2)28(20)21)16-22(29)24-10-7-13-26-11-5-3-4-6-12-26/h8-9,14-15H,3-7,10-13,16H2,1-2H3,(H,24,29). The average molecular weight is 410 g/mol. The molecule has 1 fully saturated rings. The van der Waals surface area contributed by atoms with Gasteiger partial charge in [0.2, 0.25) is 5.91 Å². The summed E-state index contributed by atoms with van der Waals surface area (Å²) in [4.78, 5) is 27.8. The van der Waals surface area contributed by atoms with Crippen LogP contribution in [0.15, 0.2) is 29.1 Å². The van der Waals surface area contributed by atoms with Gasteiger partial charge in [-0.15, -0.1) is 0 Å². The zero-order chi connectivity index (χ0) is 21.1. The molecule has 0 aliphatic carbocycles. The van der Waals surface area contributed by atoms with Gasteiger partial charge in [0.25, 0.3) is 5.56 Å². The lowest BCUT2D eigenvalue weighted by Gasteiger charge is -2.19. The van der Waals surface area contributed by atoms with Crippen LogP contribution >= 0.6 is 0 Å². The Labute approximate surface area is 176 Å². The Bertz CT molecular complexity index is 1110. The van der Waals surface area contributed by atoms with Gasteiger partial charge in [0.1, 0.15) is 17.9 Å². The highest BCUT2D eigenvalue weighted by molar-refractivity contribution is 5.87. The van der Waals surface area contributed by atoms with Crippen molar-refractivity contribution >= 4 is 22.3 Å². The predicted octanol–water partition coefficient (Wildman–Crippen LogP) is 2.65. The van der Waals surface area contributed by atoms with Crippen LogP contribution in [0, 0.1) is 13.8 Å². The average Bonchev–Trinajstić information content (AvgIpc) is 2.90. The van der Waals surface area contributed by atoms with Crippen LogP contribution in [0.2, 0.25) is 0 Å². The Morgan fingerprint density at radius 3 is 2.60 bits per heavy atom. The van der Waals surface area contributed by atoms with Crippen molar-refractivity contribution in [2.24, 2.45) is 0 Å². The highest BCUT2D eigenvalue weighted by Crippen LogP contribution is 2.20. The summed E-state index contributed by atoms with van der Waals surface area (Å²) >= 11 is 0. The van der Waals surface area contributed by atoms with E-state index in [1.54, 1.807) is 0 Å². The highest BCUT2D eigenvalue weighted by atomic mass is 16.2. The molecule has 0 spiro atoms. The number of fused-ring (bicyclic) bond motifs is 3. The lowest BCUT2D eigenvalue weighted by molar-refractivity contribution is -0.121. The molecule has 7 nitrogen and oxygen atoms in total. The summed E-state index contributed by atoms with van der Waals surface area (Å²) in [5.41, 5.74) is 2.41. The van der Waals surface area contributed by atoms with Gasteiger partial charge in [-0.3, -0.25) is 14.0 Å². The first kappa shape index (κ1) is 20.6. The molecule has 160 valence electrons. The van der Waals surface area contributed by atoms with E-state index in [0.717, 1.165) is 42.5 Å². The van der Waals surface area contributed by atoms with Crippen LogP contribution in [0.4, 0.5) is 0 Å². The van der Waals surface area contributed by atoms with Gasteiger partial charge >= 0.3 is 0 Å². The Balaban J connectivity index is 1.40. The topological polar surface area (TPSA) is 71.6 Å². The van der Waals surface area contributed by atoms with Crippen LogP contribution in [0.25, 0.3) is 16.4 Å². The van der Waals surface area contributed by atoms with Crippen molar-refractivity contribution < 1.29 is 4.79 Å². The van der Waals surface area contributed by atoms with E-state index >= 15 is 0 Å². The number of aromatic nitrogens is 3. The van der Waals surface area contributed by atoms with Gasteiger partial charge in [-0.05, 0) is 70.9 Å². The molecule has 30 heavy (non-hydrogen) atoms. The van der Waals surface area contributed by atoms with E-state index in [9.17, 15) is 9.59 Å². The summed E-state index contributed by atoms with van der Waals surface area (Å²) in [6, 6.07) is 7.98. The monoisotopic (exact) mass is 409 g/mol. The minimum Gasteiger partial charge on any atom is -0.354 e. The van der Waals surface area contributed by atoms with Gasteiger partial charge in [0, 0.05) is 11.9 Å². The van der Waals surface area contributed by atoms with Gasteiger partial charge in [-0.25, -0.2) is 4.68 Å². The number of hydrogen-bond donors (Lipinski definition) is 1. The molecule has 3 heterocycles. The fourth-order valence-corrected chi connectivity index (χ4v) is 4.43. The minimum atomic E-state index is -0.242. The summed E-state index contributed by atoms with van der Waals surface area (Å²) in [5.74, 6) is 0.522. The van der Waals surface area contributed by atoms with E-state index < -0.39 is 0 Å². The first-order valence-electron chi connectivity index (χ1n) is 11.0. The van der Waals surface area contributed by atoms with Crippen LogP contribution in [0.1, 0.15) is 43.5 Å². The number of nitrogens with zero attached hydrogens (tertiary/aromatic N) is 4. The number of rotatable bonds is 6. The molecule has 7 heteroatoms. The molecule has 1 aliphatic rings. The minimum absolute atomic E-state index is 0.0551. The van der Waals surface area contributed by atoms with Crippen molar-refractivity contribution in [3.63, 3.8) is 0 Å². The number of nitrogens with one attached hydrogen (secondary N) is 1. The molecule has 1 aliphatic heterocycles. The summed E-state index contributed by atoms with van der Waals surface area (Å²) in [6.07, 6.45) is 6.13. The van der Waals surface area contributed by atoms with Crippen molar-refractivity contribution in [2.75, 3.05) is 26.2 Å². The second-order valence-corrected chi connectivity index (χ2v) is 8.40. The second kappa shape index (κ2) is 9.00. The molecule has 0 radical (unpaired) electrons. The van der Waals surface area contributed by atoms with E-state index in [4.69, 9.17) is 0 Å². The van der Waals surface area contributed by atoms with Gasteiger partial charge in [0.15, 0.2) is 0 Å². The smallest absolute Gasteiger partial charge is 0.291 e. The number of aryl methyl sites for hydroxylation is 2. The largest absolute Gasteiger partial charge is 0.354 e. The van der Waals surface area contributed by atoms with Gasteiger partial charge < -0.3 is 10.2 Å². The number of amides is 1. The van der Waals surface area contributed by atoms with E-state index in [1.165, 1.54) is 30.4 Å². The van der Waals surface area contributed by atoms with Crippen molar-refractivity contribution in [3.05, 3.63) is 46.0 Å². The summed E-state index contributed by atoms with van der Waals surface area (Å²) in [7, 11) is 0. The van der Waals surface area contributed by atoms with Crippen molar-refractivity contribution in [1.29, 1.82) is 0 Å². The highest BCUT2D eigenvalue weighted by Gasteiger charge is 2.14. The van der Waals surface area contributed by atoms with Gasteiger partial charge in [0.05, 0.1) is 5.52 Å². The molecular formula is C23H31N5O2. The molecular weight excluding hydrogens is 378 g/mol. The van der Waals surface area contributed by atoms with E-state index in [0.29, 0.717) is 17.9 Å².